The summed E-state index contributed by atoms with van der Waals surface area (Å²) in [4.78, 5) is 37.9. The molecule has 0 spiro atoms. The Bertz CT molecular complexity index is 1030. The molecule has 1 atom stereocenters. The molecule has 8 heteroatoms. The number of pyridine rings is 2. The summed E-state index contributed by atoms with van der Waals surface area (Å²) in [6.07, 6.45) is 7.49. The third-order valence-electron chi connectivity index (χ3n) is 4.81. The van der Waals surface area contributed by atoms with Crippen LogP contribution in [0, 0.1) is 0 Å². The molecule has 1 aliphatic rings. The summed E-state index contributed by atoms with van der Waals surface area (Å²) in [5, 5.41) is 7.99. The first-order valence-corrected chi connectivity index (χ1v) is 10.4. The zero-order valence-corrected chi connectivity index (χ0v) is 16.8. The van der Waals surface area contributed by atoms with Crippen molar-refractivity contribution in [3.8, 4) is 0 Å². The molecule has 0 bridgehead atoms. The number of carbonyl (C=O) groups is 2. The first kappa shape index (κ1) is 19.2. The normalized spacial score (nSPS) is 14.0. The SMILES string of the molecule is C[C@H](NC(=O)c1cnc2c(c1)CCCC2)c1nc(C(=O)Nc2ccccn2)cs1. The van der Waals surface area contributed by atoms with Gasteiger partial charge in [-0.2, -0.15) is 0 Å². The van der Waals surface area contributed by atoms with E-state index in [0.717, 1.165) is 31.4 Å². The van der Waals surface area contributed by atoms with Gasteiger partial charge < -0.3 is 10.6 Å². The average molecular weight is 407 g/mol. The maximum atomic E-state index is 12.6. The van der Waals surface area contributed by atoms with Crippen molar-refractivity contribution in [3.05, 3.63) is 69.6 Å². The lowest BCUT2D eigenvalue weighted by Crippen LogP contribution is -2.27. The van der Waals surface area contributed by atoms with Crippen LogP contribution in [-0.4, -0.2) is 26.8 Å². The van der Waals surface area contributed by atoms with Crippen LogP contribution in [0.1, 0.15) is 62.9 Å². The maximum absolute atomic E-state index is 12.6. The second-order valence-corrected chi connectivity index (χ2v) is 7.86. The van der Waals surface area contributed by atoms with Crippen LogP contribution >= 0.6 is 11.3 Å². The van der Waals surface area contributed by atoms with E-state index in [-0.39, 0.29) is 17.9 Å². The maximum Gasteiger partial charge on any atom is 0.276 e. The third-order valence-corrected chi connectivity index (χ3v) is 5.84. The van der Waals surface area contributed by atoms with E-state index < -0.39 is 0 Å². The van der Waals surface area contributed by atoms with Gasteiger partial charge in [-0.3, -0.25) is 14.6 Å². The van der Waals surface area contributed by atoms with Crippen LogP contribution in [0.4, 0.5) is 5.82 Å². The Morgan fingerprint density at radius 2 is 2.00 bits per heavy atom. The topological polar surface area (TPSA) is 96.9 Å². The molecule has 3 aromatic rings. The summed E-state index contributed by atoms with van der Waals surface area (Å²) in [6, 6.07) is 6.90. The van der Waals surface area contributed by atoms with E-state index in [9.17, 15) is 9.59 Å². The van der Waals surface area contributed by atoms with E-state index in [0.29, 0.717) is 22.1 Å². The van der Waals surface area contributed by atoms with Crippen LogP contribution in [0.25, 0.3) is 0 Å². The summed E-state index contributed by atoms with van der Waals surface area (Å²) in [7, 11) is 0. The molecular formula is C21H21N5O2S. The number of rotatable bonds is 5. The Morgan fingerprint density at radius 1 is 1.14 bits per heavy atom. The standard InChI is InChI=1S/C21H21N5O2S/c1-13(24-19(27)15-10-14-6-2-3-7-16(14)23-11-15)21-25-17(12-29-21)20(28)26-18-8-4-5-9-22-18/h4-5,8-13H,2-3,6-7H2,1H3,(H,24,27)(H,22,26,28)/t13-/m0/s1. The number of hydrogen-bond acceptors (Lipinski definition) is 6. The molecule has 0 saturated carbocycles. The van der Waals surface area contributed by atoms with Crippen molar-refractivity contribution >= 4 is 29.0 Å². The number of thiazole rings is 1. The molecule has 148 valence electrons. The number of anilines is 1. The van der Waals surface area contributed by atoms with Gasteiger partial charge in [0.05, 0.1) is 11.6 Å². The van der Waals surface area contributed by atoms with Gasteiger partial charge in [-0.05, 0) is 56.4 Å². The summed E-state index contributed by atoms with van der Waals surface area (Å²) in [5.41, 5.74) is 3.12. The van der Waals surface area contributed by atoms with Gasteiger partial charge in [0.15, 0.2) is 0 Å². The predicted octanol–water partition coefficient (Wildman–Crippen LogP) is 3.56. The first-order chi connectivity index (χ1) is 14.1. The zero-order valence-electron chi connectivity index (χ0n) is 16.0. The quantitative estimate of drug-likeness (QED) is 0.674. The van der Waals surface area contributed by atoms with Crippen molar-refractivity contribution in [1.29, 1.82) is 0 Å². The number of aromatic nitrogens is 3. The molecule has 29 heavy (non-hydrogen) atoms. The van der Waals surface area contributed by atoms with Crippen molar-refractivity contribution in [3.63, 3.8) is 0 Å². The fourth-order valence-corrected chi connectivity index (χ4v) is 4.07. The Balaban J connectivity index is 1.40. The van der Waals surface area contributed by atoms with Gasteiger partial charge in [-0.15, -0.1) is 11.3 Å². The second kappa shape index (κ2) is 8.48. The number of fused-ring (bicyclic) bond motifs is 1. The minimum atomic E-state index is -0.330. The van der Waals surface area contributed by atoms with Gasteiger partial charge in [-0.1, -0.05) is 6.07 Å². The lowest BCUT2D eigenvalue weighted by atomic mass is 9.95. The van der Waals surface area contributed by atoms with Crippen LogP contribution in [0.5, 0.6) is 0 Å². The molecule has 0 aliphatic heterocycles. The lowest BCUT2D eigenvalue weighted by molar-refractivity contribution is 0.0939. The summed E-state index contributed by atoms with van der Waals surface area (Å²) < 4.78 is 0. The van der Waals surface area contributed by atoms with Crippen LogP contribution in [0.2, 0.25) is 0 Å². The molecule has 4 rings (SSSR count). The van der Waals surface area contributed by atoms with Gasteiger partial charge in [0.2, 0.25) is 0 Å². The highest BCUT2D eigenvalue weighted by Crippen LogP contribution is 2.22. The highest BCUT2D eigenvalue weighted by Gasteiger charge is 2.19. The highest BCUT2D eigenvalue weighted by molar-refractivity contribution is 7.09. The Hall–Kier alpha value is -3.13. The molecule has 0 saturated heterocycles. The minimum absolute atomic E-state index is 0.187. The van der Waals surface area contributed by atoms with Gasteiger partial charge in [0.1, 0.15) is 16.5 Å². The molecular weight excluding hydrogens is 386 g/mol. The molecule has 0 radical (unpaired) electrons. The zero-order chi connectivity index (χ0) is 20.2. The van der Waals surface area contributed by atoms with Crippen molar-refractivity contribution in [1.82, 2.24) is 20.3 Å². The fourth-order valence-electron chi connectivity index (χ4n) is 3.26. The predicted molar refractivity (Wildman–Crippen MR) is 111 cm³/mol. The fraction of sp³-hybridized carbons (Fsp3) is 0.286. The number of nitrogens with zero attached hydrogens (tertiary/aromatic N) is 3. The van der Waals surface area contributed by atoms with E-state index in [4.69, 9.17) is 0 Å². The van der Waals surface area contributed by atoms with Crippen molar-refractivity contribution in [2.45, 2.75) is 38.6 Å². The van der Waals surface area contributed by atoms with E-state index in [2.05, 4.69) is 25.6 Å². The van der Waals surface area contributed by atoms with Crippen molar-refractivity contribution in [2.75, 3.05) is 5.32 Å². The number of aryl methyl sites for hydroxylation is 2. The van der Waals surface area contributed by atoms with Gasteiger partial charge in [0.25, 0.3) is 11.8 Å². The Labute approximate surface area is 172 Å². The van der Waals surface area contributed by atoms with Gasteiger partial charge in [0, 0.05) is 23.5 Å². The number of carbonyl (C=O) groups excluding carboxylic acids is 2. The van der Waals surface area contributed by atoms with Crippen LogP contribution in [0.3, 0.4) is 0 Å². The van der Waals surface area contributed by atoms with Crippen LogP contribution in [0.15, 0.2) is 42.0 Å². The number of hydrogen-bond donors (Lipinski definition) is 2. The minimum Gasteiger partial charge on any atom is -0.343 e. The number of amides is 2. The highest BCUT2D eigenvalue weighted by atomic mass is 32.1. The third kappa shape index (κ3) is 4.48. The van der Waals surface area contributed by atoms with E-state index in [1.165, 1.54) is 16.9 Å². The molecule has 0 unspecified atom stereocenters. The van der Waals surface area contributed by atoms with Gasteiger partial charge >= 0.3 is 0 Å². The van der Waals surface area contributed by atoms with Crippen molar-refractivity contribution < 1.29 is 9.59 Å². The number of nitrogens with one attached hydrogen (secondary N) is 2. The van der Waals surface area contributed by atoms with E-state index in [1.807, 2.05) is 13.0 Å². The lowest BCUT2D eigenvalue weighted by Gasteiger charge is -2.16. The molecule has 2 amide bonds. The molecule has 3 heterocycles. The molecule has 0 aromatic carbocycles. The van der Waals surface area contributed by atoms with E-state index in [1.54, 1.807) is 36.0 Å². The van der Waals surface area contributed by atoms with Crippen LogP contribution < -0.4 is 10.6 Å². The molecule has 7 nitrogen and oxygen atoms in total. The Morgan fingerprint density at radius 3 is 2.83 bits per heavy atom. The van der Waals surface area contributed by atoms with Crippen LogP contribution in [-0.2, 0) is 12.8 Å². The van der Waals surface area contributed by atoms with Crippen molar-refractivity contribution in [2.24, 2.45) is 0 Å². The van der Waals surface area contributed by atoms with E-state index >= 15 is 0 Å². The summed E-state index contributed by atoms with van der Waals surface area (Å²) in [6.45, 7) is 1.85. The average Bonchev–Trinajstić information content (AvgIpc) is 3.25. The molecule has 2 N–H and O–H groups in total. The largest absolute Gasteiger partial charge is 0.343 e. The molecule has 3 aromatic heterocycles. The molecule has 0 fully saturated rings. The summed E-state index contributed by atoms with van der Waals surface area (Å²) >= 11 is 1.33. The Kier molecular flexibility index (Phi) is 5.62. The summed E-state index contributed by atoms with van der Waals surface area (Å²) in [5.74, 6) is -0.0509. The molecule has 1 aliphatic carbocycles. The first-order valence-electron chi connectivity index (χ1n) is 9.56. The monoisotopic (exact) mass is 407 g/mol. The van der Waals surface area contributed by atoms with Gasteiger partial charge in [-0.25, -0.2) is 9.97 Å². The smallest absolute Gasteiger partial charge is 0.276 e. The second-order valence-electron chi connectivity index (χ2n) is 6.97.